The zero-order chi connectivity index (χ0) is 17.5. The van der Waals surface area contributed by atoms with Crippen molar-refractivity contribution in [1.29, 1.82) is 0 Å². The molecule has 1 unspecified atom stereocenters. The van der Waals surface area contributed by atoms with Crippen LogP contribution in [0, 0.1) is 16.0 Å². The fraction of sp³-hybridized carbons (Fsp3) is 0.412. The van der Waals surface area contributed by atoms with E-state index in [9.17, 15) is 19.7 Å². The fourth-order valence-corrected chi connectivity index (χ4v) is 2.69. The molecule has 0 radical (unpaired) electrons. The molecule has 2 rings (SSSR count). The Morgan fingerprint density at radius 3 is 2.88 bits per heavy atom. The number of nitro benzene ring substituents is 1. The fourth-order valence-electron chi connectivity index (χ4n) is 2.69. The number of ether oxygens (including phenoxy) is 1. The molecule has 0 N–H and O–H groups in total. The monoisotopic (exact) mass is 332 g/mol. The quantitative estimate of drug-likeness (QED) is 0.357. The van der Waals surface area contributed by atoms with Gasteiger partial charge in [0.25, 0.3) is 5.69 Å². The lowest BCUT2D eigenvalue weighted by Crippen LogP contribution is -2.42. The molecule has 1 aromatic carbocycles. The van der Waals surface area contributed by atoms with Crippen molar-refractivity contribution in [2.45, 2.75) is 19.8 Å². The summed E-state index contributed by atoms with van der Waals surface area (Å²) in [4.78, 5) is 36.2. The average molecular weight is 332 g/mol. The minimum absolute atomic E-state index is 0.0513. The molecule has 0 spiro atoms. The van der Waals surface area contributed by atoms with Crippen LogP contribution < -0.4 is 0 Å². The van der Waals surface area contributed by atoms with Gasteiger partial charge in [0.05, 0.1) is 23.0 Å². The maximum atomic E-state index is 12.3. The topological polar surface area (TPSA) is 89.8 Å². The van der Waals surface area contributed by atoms with Gasteiger partial charge in [-0.1, -0.05) is 12.1 Å². The predicted molar refractivity (Wildman–Crippen MR) is 88.1 cm³/mol. The van der Waals surface area contributed by atoms with E-state index in [1.165, 1.54) is 18.2 Å². The molecule has 1 fully saturated rings. The van der Waals surface area contributed by atoms with Crippen LogP contribution in [0.4, 0.5) is 5.69 Å². The van der Waals surface area contributed by atoms with E-state index >= 15 is 0 Å². The van der Waals surface area contributed by atoms with Crippen LogP contribution in [0.1, 0.15) is 25.3 Å². The minimum Gasteiger partial charge on any atom is -0.466 e. The molecule has 7 heteroatoms. The first kappa shape index (κ1) is 17.7. The first-order valence-corrected chi connectivity index (χ1v) is 7.90. The standard InChI is InChI=1S/C17H20N2O5/c1-2-24-17(21)14-7-5-11-18(12-14)16(20)10-9-13-6-3-4-8-15(13)19(22)23/h3-4,6,8-10,14H,2,5,7,11-12H2,1H3/b10-9+. The second kappa shape index (κ2) is 8.24. The summed E-state index contributed by atoms with van der Waals surface area (Å²) in [6.07, 6.45) is 4.19. The number of esters is 1. The number of hydrogen-bond acceptors (Lipinski definition) is 5. The van der Waals surface area contributed by atoms with Crippen LogP contribution in [0.15, 0.2) is 30.3 Å². The summed E-state index contributed by atoms with van der Waals surface area (Å²) in [5, 5.41) is 11.0. The highest BCUT2D eigenvalue weighted by atomic mass is 16.6. The molecule has 0 bridgehead atoms. The summed E-state index contributed by atoms with van der Waals surface area (Å²) < 4.78 is 5.01. The van der Waals surface area contributed by atoms with Gasteiger partial charge in [0.2, 0.25) is 5.91 Å². The number of nitrogens with zero attached hydrogens (tertiary/aromatic N) is 2. The maximum absolute atomic E-state index is 12.3. The molecule has 128 valence electrons. The number of carbonyl (C=O) groups excluding carboxylic acids is 2. The number of hydrogen-bond donors (Lipinski definition) is 0. The Bertz CT molecular complexity index is 656. The van der Waals surface area contributed by atoms with E-state index < -0.39 is 4.92 Å². The largest absolute Gasteiger partial charge is 0.466 e. The molecule has 1 amide bonds. The van der Waals surface area contributed by atoms with Crippen molar-refractivity contribution in [2.75, 3.05) is 19.7 Å². The van der Waals surface area contributed by atoms with Gasteiger partial charge < -0.3 is 9.64 Å². The molecule has 1 aliphatic rings. The molecule has 0 aromatic heterocycles. The van der Waals surface area contributed by atoms with Crippen LogP contribution in [-0.2, 0) is 14.3 Å². The van der Waals surface area contributed by atoms with Gasteiger partial charge in [-0.15, -0.1) is 0 Å². The molecule has 1 atom stereocenters. The maximum Gasteiger partial charge on any atom is 0.310 e. The lowest BCUT2D eigenvalue weighted by molar-refractivity contribution is -0.385. The van der Waals surface area contributed by atoms with Crippen molar-refractivity contribution >= 4 is 23.6 Å². The first-order chi connectivity index (χ1) is 11.5. The first-order valence-electron chi connectivity index (χ1n) is 7.90. The van der Waals surface area contributed by atoms with Crippen molar-refractivity contribution in [1.82, 2.24) is 4.90 Å². The summed E-state index contributed by atoms with van der Waals surface area (Å²) in [6.45, 7) is 2.95. The molecule has 1 saturated heterocycles. The van der Waals surface area contributed by atoms with E-state index in [2.05, 4.69) is 0 Å². The zero-order valence-corrected chi connectivity index (χ0v) is 13.5. The van der Waals surface area contributed by atoms with Crippen molar-refractivity contribution < 1.29 is 19.2 Å². The number of para-hydroxylation sites is 1. The normalized spacial score (nSPS) is 17.7. The molecule has 1 heterocycles. The Labute approximate surface area is 140 Å². The third kappa shape index (κ3) is 4.41. The summed E-state index contributed by atoms with van der Waals surface area (Å²) in [7, 11) is 0. The van der Waals surface area contributed by atoms with Crippen molar-refractivity contribution in [2.24, 2.45) is 5.92 Å². The minimum atomic E-state index is -0.484. The molecule has 0 saturated carbocycles. The van der Waals surface area contributed by atoms with Gasteiger partial charge >= 0.3 is 5.97 Å². The highest BCUT2D eigenvalue weighted by Gasteiger charge is 2.28. The van der Waals surface area contributed by atoms with Crippen molar-refractivity contribution in [3.05, 3.63) is 46.0 Å². The Morgan fingerprint density at radius 2 is 2.17 bits per heavy atom. The van der Waals surface area contributed by atoms with E-state index in [-0.39, 0.29) is 23.5 Å². The second-order valence-electron chi connectivity index (χ2n) is 5.52. The number of rotatable bonds is 5. The van der Waals surface area contributed by atoms with Gasteiger partial charge in [-0.05, 0) is 31.9 Å². The Hall–Kier alpha value is -2.70. The van der Waals surface area contributed by atoms with E-state index in [1.807, 2.05) is 0 Å². The summed E-state index contributed by atoms with van der Waals surface area (Å²) in [5.41, 5.74) is 0.319. The van der Waals surface area contributed by atoms with Crippen molar-refractivity contribution in [3.63, 3.8) is 0 Å². The Balaban J connectivity index is 2.04. The SMILES string of the molecule is CCOC(=O)C1CCCN(C(=O)/C=C/c2ccccc2[N+](=O)[O-])C1. The third-order valence-corrected chi connectivity index (χ3v) is 3.89. The number of amides is 1. The smallest absolute Gasteiger partial charge is 0.310 e. The van der Waals surface area contributed by atoms with Crippen LogP contribution in [0.2, 0.25) is 0 Å². The van der Waals surface area contributed by atoms with Gasteiger partial charge in [0.1, 0.15) is 0 Å². The number of benzene rings is 1. The molecular weight excluding hydrogens is 312 g/mol. The third-order valence-electron chi connectivity index (χ3n) is 3.89. The number of piperidine rings is 1. The second-order valence-corrected chi connectivity index (χ2v) is 5.52. The van der Waals surface area contributed by atoms with Crippen LogP contribution in [0.5, 0.6) is 0 Å². The van der Waals surface area contributed by atoms with Gasteiger partial charge in [-0.2, -0.15) is 0 Å². The van der Waals surface area contributed by atoms with Gasteiger partial charge in [0, 0.05) is 25.2 Å². The van der Waals surface area contributed by atoms with Crippen LogP contribution in [0.3, 0.4) is 0 Å². The summed E-state index contributed by atoms with van der Waals surface area (Å²) in [5.74, 6) is -0.845. The Morgan fingerprint density at radius 1 is 1.42 bits per heavy atom. The highest BCUT2D eigenvalue weighted by molar-refractivity contribution is 5.92. The van der Waals surface area contributed by atoms with E-state index in [0.717, 1.165) is 6.42 Å². The van der Waals surface area contributed by atoms with E-state index in [0.29, 0.717) is 31.7 Å². The molecule has 1 aromatic rings. The summed E-state index contributed by atoms with van der Waals surface area (Å²) >= 11 is 0. The average Bonchev–Trinajstić information content (AvgIpc) is 2.60. The zero-order valence-electron chi connectivity index (χ0n) is 13.5. The summed E-state index contributed by atoms with van der Waals surface area (Å²) in [6, 6.07) is 6.22. The van der Waals surface area contributed by atoms with Gasteiger partial charge in [-0.25, -0.2) is 0 Å². The number of nitro groups is 1. The van der Waals surface area contributed by atoms with Crippen LogP contribution in [-0.4, -0.2) is 41.4 Å². The predicted octanol–water partition coefficient (Wildman–Crippen LogP) is 2.41. The molecular formula is C17H20N2O5. The van der Waals surface area contributed by atoms with Crippen LogP contribution in [0.25, 0.3) is 6.08 Å². The Kier molecular flexibility index (Phi) is 6.06. The lowest BCUT2D eigenvalue weighted by atomic mass is 9.98. The highest BCUT2D eigenvalue weighted by Crippen LogP contribution is 2.21. The van der Waals surface area contributed by atoms with E-state index in [1.54, 1.807) is 30.0 Å². The molecule has 0 aliphatic carbocycles. The molecule has 7 nitrogen and oxygen atoms in total. The lowest BCUT2D eigenvalue weighted by Gasteiger charge is -2.30. The van der Waals surface area contributed by atoms with Crippen LogP contribution >= 0.6 is 0 Å². The van der Waals surface area contributed by atoms with Gasteiger partial charge in [-0.3, -0.25) is 19.7 Å². The number of carbonyl (C=O) groups is 2. The van der Waals surface area contributed by atoms with E-state index in [4.69, 9.17) is 4.74 Å². The molecule has 24 heavy (non-hydrogen) atoms. The van der Waals surface area contributed by atoms with Gasteiger partial charge in [0.15, 0.2) is 0 Å². The number of likely N-dealkylation sites (tertiary alicyclic amines) is 1. The molecule has 1 aliphatic heterocycles. The van der Waals surface area contributed by atoms with Crippen molar-refractivity contribution in [3.8, 4) is 0 Å².